The van der Waals surface area contributed by atoms with Crippen molar-refractivity contribution >= 4 is 21.6 Å². The van der Waals surface area contributed by atoms with Crippen LogP contribution in [0.4, 0.5) is 5.69 Å². The number of nitro benzene ring substituents is 1. The van der Waals surface area contributed by atoms with Crippen LogP contribution in [0.3, 0.4) is 0 Å². The van der Waals surface area contributed by atoms with E-state index in [0.717, 1.165) is 11.3 Å². The minimum absolute atomic E-state index is 0.0307. The average Bonchev–Trinajstić information content (AvgIpc) is 2.86. The van der Waals surface area contributed by atoms with Crippen LogP contribution in [0, 0.1) is 10.1 Å². The summed E-state index contributed by atoms with van der Waals surface area (Å²) in [6.45, 7) is 0.512. The molecule has 0 atom stereocenters. The number of aryl methyl sites for hydroxylation is 1. The van der Waals surface area contributed by atoms with Crippen LogP contribution in [-0.4, -0.2) is 31.6 Å². The Morgan fingerprint density at radius 1 is 1.45 bits per heavy atom. The highest BCUT2D eigenvalue weighted by molar-refractivity contribution is 9.10. The van der Waals surface area contributed by atoms with Crippen molar-refractivity contribution in [2.45, 2.75) is 19.4 Å². The topological polar surface area (TPSA) is 94.1 Å². The molecule has 2 aromatic rings. The van der Waals surface area contributed by atoms with E-state index in [0.29, 0.717) is 23.9 Å². The van der Waals surface area contributed by atoms with Crippen LogP contribution in [-0.2, 0) is 13.0 Å². The van der Waals surface area contributed by atoms with Gasteiger partial charge in [-0.05, 0) is 34.3 Å². The number of hydrogen-bond acceptors (Lipinski definition) is 5. The average molecular weight is 341 g/mol. The first kappa shape index (κ1) is 14.6. The Morgan fingerprint density at radius 3 is 2.95 bits per heavy atom. The molecule has 0 spiro atoms. The fourth-order valence-corrected chi connectivity index (χ4v) is 2.33. The van der Waals surface area contributed by atoms with Crippen molar-refractivity contribution in [1.29, 1.82) is 0 Å². The van der Waals surface area contributed by atoms with Gasteiger partial charge in [0.15, 0.2) is 0 Å². The van der Waals surface area contributed by atoms with Gasteiger partial charge in [0.25, 0.3) is 5.69 Å². The van der Waals surface area contributed by atoms with Crippen LogP contribution in [0.2, 0.25) is 0 Å². The molecule has 1 aromatic carbocycles. The van der Waals surface area contributed by atoms with Crippen LogP contribution < -0.4 is 0 Å². The van der Waals surface area contributed by atoms with Crippen LogP contribution in [0.15, 0.2) is 28.9 Å². The van der Waals surface area contributed by atoms with E-state index in [1.807, 2.05) is 0 Å². The Labute approximate surface area is 123 Å². The van der Waals surface area contributed by atoms with Gasteiger partial charge >= 0.3 is 0 Å². The van der Waals surface area contributed by atoms with E-state index in [1.54, 1.807) is 23.0 Å². The Kier molecular flexibility index (Phi) is 4.80. The Balaban J connectivity index is 2.16. The van der Waals surface area contributed by atoms with Gasteiger partial charge in [0.2, 0.25) is 0 Å². The second kappa shape index (κ2) is 6.58. The van der Waals surface area contributed by atoms with Crippen molar-refractivity contribution in [1.82, 2.24) is 15.0 Å². The molecular weight excluding hydrogens is 328 g/mol. The largest absolute Gasteiger partial charge is 0.396 e. The maximum Gasteiger partial charge on any atom is 0.283 e. The predicted molar refractivity (Wildman–Crippen MR) is 75.3 cm³/mol. The van der Waals surface area contributed by atoms with Crippen LogP contribution >= 0.6 is 15.9 Å². The minimum Gasteiger partial charge on any atom is -0.396 e. The number of aromatic nitrogens is 3. The lowest BCUT2D eigenvalue weighted by Gasteiger charge is -2.04. The van der Waals surface area contributed by atoms with Gasteiger partial charge in [0.05, 0.1) is 17.2 Å². The number of nitro groups is 1. The SMILES string of the molecule is O=[N+]([O-])c1cccc(Cn2cc(CCCO)nn2)c1Br. The van der Waals surface area contributed by atoms with E-state index in [4.69, 9.17) is 5.11 Å². The number of halogens is 1. The maximum absolute atomic E-state index is 10.9. The predicted octanol–water partition coefficient (Wildman–Crippen LogP) is 1.92. The van der Waals surface area contributed by atoms with E-state index in [9.17, 15) is 10.1 Å². The highest BCUT2D eigenvalue weighted by Crippen LogP contribution is 2.28. The molecule has 0 unspecified atom stereocenters. The van der Waals surface area contributed by atoms with Crippen molar-refractivity contribution in [2.75, 3.05) is 6.61 Å². The summed E-state index contributed by atoms with van der Waals surface area (Å²) in [6, 6.07) is 4.88. The first-order valence-corrected chi connectivity index (χ1v) is 6.82. The summed E-state index contributed by atoms with van der Waals surface area (Å²) >= 11 is 3.25. The molecule has 8 heteroatoms. The van der Waals surface area contributed by atoms with E-state index in [2.05, 4.69) is 26.2 Å². The summed E-state index contributed by atoms with van der Waals surface area (Å²) in [5.74, 6) is 0. The van der Waals surface area contributed by atoms with Gasteiger partial charge < -0.3 is 5.11 Å². The molecule has 1 N–H and O–H groups in total. The molecule has 20 heavy (non-hydrogen) atoms. The van der Waals surface area contributed by atoms with Gasteiger partial charge in [-0.25, -0.2) is 4.68 Å². The van der Waals surface area contributed by atoms with Crippen molar-refractivity contribution in [3.8, 4) is 0 Å². The molecule has 0 saturated heterocycles. The zero-order valence-corrected chi connectivity index (χ0v) is 12.2. The van der Waals surface area contributed by atoms with Gasteiger partial charge in [-0.3, -0.25) is 10.1 Å². The number of aliphatic hydroxyl groups excluding tert-OH is 1. The van der Waals surface area contributed by atoms with E-state index in [1.165, 1.54) is 6.07 Å². The molecule has 0 fully saturated rings. The lowest BCUT2D eigenvalue weighted by Crippen LogP contribution is -2.02. The van der Waals surface area contributed by atoms with Crippen molar-refractivity contribution in [3.05, 3.63) is 50.2 Å². The molecule has 0 aliphatic carbocycles. The Hall–Kier alpha value is -1.80. The Morgan fingerprint density at radius 2 is 2.25 bits per heavy atom. The first-order valence-electron chi connectivity index (χ1n) is 6.03. The third-order valence-electron chi connectivity index (χ3n) is 2.76. The molecule has 0 amide bonds. The molecule has 1 aromatic heterocycles. The smallest absolute Gasteiger partial charge is 0.283 e. The second-order valence-corrected chi connectivity index (χ2v) is 5.03. The zero-order chi connectivity index (χ0) is 14.5. The molecule has 0 aliphatic rings. The summed E-state index contributed by atoms with van der Waals surface area (Å²) in [4.78, 5) is 10.4. The number of nitrogens with zero attached hydrogens (tertiary/aromatic N) is 4. The quantitative estimate of drug-likeness (QED) is 0.640. The Bertz CT molecular complexity index is 614. The number of aliphatic hydroxyl groups is 1. The van der Waals surface area contributed by atoms with Crippen molar-refractivity contribution < 1.29 is 10.0 Å². The molecule has 106 valence electrons. The zero-order valence-electron chi connectivity index (χ0n) is 10.6. The molecule has 0 radical (unpaired) electrons. The molecule has 7 nitrogen and oxygen atoms in total. The number of hydrogen-bond donors (Lipinski definition) is 1. The second-order valence-electron chi connectivity index (χ2n) is 4.24. The third-order valence-corrected chi connectivity index (χ3v) is 3.68. The van der Waals surface area contributed by atoms with Gasteiger partial charge in [0.1, 0.15) is 4.47 Å². The van der Waals surface area contributed by atoms with E-state index < -0.39 is 4.92 Å². The lowest BCUT2D eigenvalue weighted by molar-refractivity contribution is -0.385. The number of rotatable bonds is 6. The normalized spacial score (nSPS) is 10.7. The minimum atomic E-state index is -0.429. The lowest BCUT2D eigenvalue weighted by atomic mass is 10.2. The molecule has 2 rings (SSSR count). The number of benzene rings is 1. The summed E-state index contributed by atoms with van der Waals surface area (Å²) in [5, 5.41) is 27.6. The van der Waals surface area contributed by atoms with Gasteiger partial charge in [-0.2, -0.15) is 0 Å². The van der Waals surface area contributed by atoms with E-state index in [-0.39, 0.29) is 12.3 Å². The monoisotopic (exact) mass is 340 g/mol. The molecule has 0 saturated carbocycles. The standard InChI is InChI=1S/C12H13BrN4O3/c13-12-9(3-1-5-11(12)17(19)20)7-16-8-10(14-15-16)4-2-6-18/h1,3,5,8,18H,2,4,6-7H2. The van der Waals surface area contributed by atoms with Crippen molar-refractivity contribution in [3.63, 3.8) is 0 Å². The highest BCUT2D eigenvalue weighted by atomic mass is 79.9. The molecule has 1 heterocycles. The van der Waals surface area contributed by atoms with Crippen molar-refractivity contribution in [2.24, 2.45) is 0 Å². The summed E-state index contributed by atoms with van der Waals surface area (Å²) in [5.41, 5.74) is 1.58. The third kappa shape index (κ3) is 3.40. The van der Waals surface area contributed by atoms with Gasteiger partial charge in [0, 0.05) is 18.9 Å². The summed E-state index contributed by atoms with van der Waals surface area (Å²) < 4.78 is 2.08. The summed E-state index contributed by atoms with van der Waals surface area (Å²) in [7, 11) is 0. The van der Waals surface area contributed by atoms with Gasteiger partial charge in [-0.15, -0.1) is 5.10 Å². The highest BCUT2D eigenvalue weighted by Gasteiger charge is 2.15. The van der Waals surface area contributed by atoms with E-state index >= 15 is 0 Å². The van der Waals surface area contributed by atoms with Crippen LogP contribution in [0.25, 0.3) is 0 Å². The fraction of sp³-hybridized carbons (Fsp3) is 0.333. The maximum atomic E-state index is 10.9. The van der Waals surface area contributed by atoms with Crippen LogP contribution in [0.5, 0.6) is 0 Å². The van der Waals surface area contributed by atoms with Crippen LogP contribution in [0.1, 0.15) is 17.7 Å². The van der Waals surface area contributed by atoms with Gasteiger partial charge in [-0.1, -0.05) is 17.3 Å². The molecular formula is C12H13BrN4O3. The fourth-order valence-electron chi connectivity index (χ4n) is 1.79. The molecule has 0 bridgehead atoms. The first-order chi connectivity index (χ1) is 9.61. The molecule has 0 aliphatic heterocycles. The summed E-state index contributed by atoms with van der Waals surface area (Å²) in [6.07, 6.45) is 3.08.